The van der Waals surface area contributed by atoms with Gasteiger partial charge in [0, 0.05) is 36.5 Å². The van der Waals surface area contributed by atoms with Crippen molar-refractivity contribution < 1.29 is 29.9 Å². The van der Waals surface area contributed by atoms with Crippen molar-refractivity contribution in [2.45, 2.75) is 56.6 Å². The Bertz CT molecular complexity index is 836. The van der Waals surface area contributed by atoms with Gasteiger partial charge in [-0.2, -0.15) is 0 Å². The number of benzene rings is 2. The second-order valence-corrected chi connectivity index (χ2v) is 8.85. The topological polar surface area (TPSA) is 103 Å². The molecule has 0 amide bonds. The maximum Gasteiger partial charge on any atom is 0.121 e. The normalized spacial score (nSPS) is 24.2. The van der Waals surface area contributed by atoms with Crippen LogP contribution in [0.4, 0.5) is 5.69 Å². The van der Waals surface area contributed by atoms with Gasteiger partial charge in [0.15, 0.2) is 0 Å². The van der Waals surface area contributed by atoms with E-state index in [1.54, 1.807) is 12.1 Å². The minimum absolute atomic E-state index is 0.0747. The van der Waals surface area contributed by atoms with E-state index in [1.165, 1.54) is 0 Å². The zero-order valence-corrected chi connectivity index (χ0v) is 19.5. The van der Waals surface area contributed by atoms with E-state index in [9.17, 15) is 20.4 Å². The molecule has 1 aliphatic heterocycles. The molecule has 8 heteroatoms. The lowest BCUT2D eigenvalue weighted by atomic mass is 10.0. The Morgan fingerprint density at radius 1 is 1.00 bits per heavy atom. The summed E-state index contributed by atoms with van der Waals surface area (Å²) in [5.41, 5.74) is 1.80. The molecule has 0 aromatic heterocycles. The molecule has 0 saturated heterocycles. The molecule has 0 fully saturated rings. The van der Waals surface area contributed by atoms with E-state index in [4.69, 9.17) is 21.1 Å². The molecular weight excluding hydrogens is 446 g/mol. The molecule has 182 valence electrons. The van der Waals surface area contributed by atoms with Gasteiger partial charge < -0.3 is 34.8 Å². The van der Waals surface area contributed by atoms with Crippen molar-refractivity contribution >= 4 is 17.3 Å². The number of rotatable bonds is 4. The number of nitrogens with zero attached hydrogens (tertiary/aromatic N) is 1. The van der Waals surface area contributed by atoms with Crippen LogP contribution in [0, 0.1) is 0 Å². The SMILES string of the molecule is OC[C@@H](O)[C@H]1OCCCCCCOc2cccc(c2)N(Cc2ccc(Cl)cc2)C[C@@H](O)[C@H]1O. The first-order valence-corrected chi connectivity index (χ1v) is 11.8. The van der Waals surface area contributed by atoms with E-state index >= 15 is 0 Å². The number of β-amino-alcohol motifs (C(OH)–C–C–N with tert-alkyl or cyclic N) is 1. The van der Waals surface area contributed by atoms with Crippen molar-refractivity contribution in [3.8, 4) is 5.75 Å². The first-order valence-electron chi connectivity index (χ1n) is 11.5. The standard InChI is InChI=1S/C25H34ClNO6/c26-19-10-8-18(9-11-19)15-27-16-22(29)24(31)25(23(30)17-28)33-13-4-2-1-3-12-32-21-7-5-6-20(27)14-21/h5-11,14,22-25,28-31H,1-4,12-13,15-17H2/t22-,23-,24-,25-/m1/s1. The van der Waals surface area contributed by atoms with Crippen LogP contribution in [0.15, 0.2) is 48.5 Å². The van der Waals surface area contributed by atoms with E-state index in [-0.39, 0.29) is 6.54 Å². The molecule has 7 nitrogen and oxygen atoms in total. The molecule has 3 rings (SSSR count). The summed E-state index contributed by atoms with van der Waals surface area (Å²) in [5, 5.41) is 42.0. The zero-order valence-electron chi connectivity index (χ0n) is 18.7. The van der Waals surface area contributed by atoms with Crippen LogP contribution in [0.25, 0.3) is 0 Å². The Balaban J connectivity index is 1.88. The average molecular weight is 480 g/mol. The smallest absolute Gasteiger partial charge is 0.121 e. The van der Waals surface area contributed by atoms with Gasteiger partial charge in [-0.25, -0.2) is 0 Å². The van der Waals surface area contributed by atoms with Gasteiger partial charge in [-0.15, -0.1) is 0 Å². The molecule has 0 saturated carbocycles. The summed E-state index contributed by atoms with van der Waals surface area (Å²) < 4.78 is 11.6. The summed E-state index contributed by atoms with van der Waals surface area (Å²) in [6, 6.07) is 15.1. The Kier molecular flexibility index (Phi) is 10.2. The Morgan fingerprint density at radius 3 is 2.45 bits per heavy atom. The van der Waals surface area contributed by atoms with Crippen molar-refractivity contribution in [3.63, 3.8) is 0 Å². The van der Waals surface area contributed by atoms with Crippen LogP contribution in [0.1, 0.15) is 31.2 Å². The van der Waals surface area contributed by atoms with Crippen molar-refractivity contribution in [2.24, 2.45) is 0 Å². The maximum absolute atomic E-state index is 10.9. The highest BCUT2D eigenvalue weighted by molar-refractivity contribution is 6.30. The summed E-state index contributed by atoms with van der Waals surface area (Å²) >= 11 is 6.02. The number of hydrogen-bond donors (Lipinski definition) is 4. The molecule has 2 aromatic rings. The van der Waals surface area contributed by atoms with Crippen LogP contribution >= 0.6 is 11.6 Å². The monoisotopic (exact) mass is 479 g/mol. The lowest BCUT2D eigenvalue weighted by Crippen LogP contribution is -2.51. The summed E-state index contributed by atoms with van der Waals surface area (Å²) in [4.78, 5) is 1.93. The number of aliphatic hydroxyl groups excluding tert-OH is 4. The molecule has 2 bridgehead atoms. The van der Waals surface area contributed by atoms with Crippen molar-refractivity contribution in [3.05, 3.63) is 59.1 Å². The van der Waals surface area contributed by atoms with Gasteiger partial charge in [0.25, 0.3) is 0 Å². The summed E-state index contributed by atoms with van der Waals surface area (Å²) in [6.45, 7) is 0.890. The Labute approximate surface area is 200 Å². The summed E-state index contributed by atoms with van der Waals surface area (Å²) in [7, 11) is 0. The third kappa shape index (κ3) is 7.84. The molecule has 0 aliphatic carbocycles. The fourth-order valence-electron chi connectivity index (χ4n) is 3.90. The highest BCUT2D eigenvalue weighted by atomic mass is 35.5. The maximum atomic E-state index is 10.9. The molecular formula is C25H34ClNO6. The lowest BCUT2D eigenvalue weighted by molar-refractivity contribution is -0.141. The number of ether oxygens (including phenoxy) is 2. The number of hydrogen-bond acceptors (Lipinski definition) is 7. The number of fused-ring (bicyclic) bond motifs is 2. The summed E-state index contributed by atoms with van der Waals surface area (Å²) in [6.07, 6.45) is -1.48. The van der Waals surface area contributed by atoms with Gasteiger partial charge >= 0.3 is 0 Å². The molecule has 1 aliphatic rings. The number of aliphatic hydroxyl groups is 4. The fraction of sp³-hybridized carbons (Fsp3) is 0.520. The van der Waals surface area contributed by atoms with Gasteiger partial charge in [0.05, 0.1) is 19.3 Å². The minimum Gasteiger partial charge on any atom is -0.494 e. The molecule has 33 heavy (non-hydrogen) atoms. The molecule has 1 heterocycles. The lowest BCUT2D eigenvalue weighted by Gasteiger charge is -2.34. The van der Waals surface area contributed by atoms with Gasteiger partial charge in [0.2, 0.25) is 0 Å². The number of anilines is 1. The van der Waals surface area contributed by atoms with E-state index in [0.717, 1.165) is 42.7 Å². The minimum atomic E-state index is -1.38. The Hall–Kier alpha value is -1.87. The van der Waals surface area contributed by atoms with Gasteiger partial charge in [0.1, 0.15) is 24.1 Å². The largest absolute Gasteiger partial charge is 0.494 e. The van der Waals surface area contributed by atoms with Gasteiger partial charge in [-0.3, -0.25) is 0 Å². The third-order valence-electron chi connectivity index (χ3n) is 5.79. The highest BCUT2D eigenvalue weighted by Gasteiger charge is 2.33. The average Bonchev–Trinajstić information content (AvgIpc) is 2.82. The van der Waals surface area contributed by atoms with E-state index in [0.29, 0.717) is 24.8 Å². The van der Waals surface area contributed by atoms with E-state index < -0.39 is 31.0 Å². The zero-order chi connectivity index (χ0) is 23.6. The Morgan fingerprint density at radius 2 is 1.73 bits per heavy atom. The quantitative estimate of drug-likeness (QED) is 0.534. The second kappa shape index (κ2) is 13.1. The first kappa shape index (κ1) is 25.7. The van der Waals surface area contributed by atoms with Crippen LogP contribution in [0.3, 0.4) is 0 Å². The third-order valence-corrected chi connectivity index (χ3v) is 6.04. The molecule has 0 spiro atoms. The predicted molar refractivity (Wildman–Crippen MR) is 128 cm³/mol. The van der Waals surface area contributed by atoms with Gasteiger partial charge in [-0.1, -0.05) is 36.2 Å². The van der Waals surface area contributed by atoms with Crippen LogP contribution < -0.4 is 9.64 Å². The summed E-state index contributed by atoms with van der Waals surface area (Å²) in [5.74, 6) is 0.743. The van der Waals surface area contributed by atoms with Crippen LogP contribution in [-0.2, 0) is 11.3 Å². The first-order chi connectivity index (χ1) is 16.0. The highest BCUT2D eigenvalue weighted by Crippen LogP contribution is 2.25. The molecule has 4 N–H and O–H groups in total. The van der Waals surface area contributed by atoms with Crippen LogP contribution in [-0.4, -0.2) is 71.2 Å². The van der Waals surface area contributed by atoms with Crippen molar-refractivity contribution in [1.82, 2.24) is 0 Å². The number of halogens is 1. The second-order valence-electron chi connectivity index (χ2n) is 8.41. The predicted octanol–water partition coefficient (Wildman–Crippen LogP) is 2.76. The molecule has 0 unspecified atom stereocenters. The van der Waals surface area contributed by atoms with Crippen LogP contribution in [0.2, 0.25) is 5.02 Å². The van der Waals surface area contributed by atoms with Crippen LogP contribution in [0.5, 0.6) is 5.75 Å². The van der Waals surface area contributed by atoms with E-state index in [2.05, 4.69) is 0 Å². The van der Waals surface area contributed by atoms with Gasteiger partial charge in [-0.05, 0) is 49.1 Å². The van der Waals surface area contributed by atoms with Crippen molar-refractivity contribution in [2.75, 3.05) is 31.3 Å². The van der Waals surface area contributed by atoms with Crippen molar-refractivity contribution in [1.29, 1.82) is 0 Å². The fourth-order valence-corrected chi connectivity index (χ4v) is 4.03. The molecule has 4 atom stereocenters. The molecule has 0 radical (unpaired) electrons. The van der Waals surface area contributed by atoms with E-state index in [1.807, 2.05) is 41.3 Å². The molecule has 2 aromatic carbocycles.